The number of aryl methyl sites for hydroxylation is 2. The number of benzene rings is 1. The minimum absolute atomic E-state index is 0.0542. The van der Waals surface area contributed by atoms with Crippen molar-refractivity contribution in [2.45, 2.75) is 47.8 Å². The van der Waals surface area contributed by atoms with Crippen LogP contribution >= 0.6 is 11.8 Å². The number of carbonyl (C=O) groups excluding carboxylic acids is 1. The first-order valence-corrected chi connectivity index (χ1v) is 13.2. The number of rotatable bonds is 8. The minimum Gasteiger partial charge on any atom is -0.325 e. The number of pyridine rings is 2. The first-order chi connectivity index (χ1) is 16.4. The number of hydrogen-bond acceptors (Lipinski definition) is 7. The summed E-state index contributed by atoms with van der Waals surface area (Å²) in [5, 5.41) is 12.5. The predicted molar refractivity (Wildman–Crippen MR) is 131 cm³/mol. The topological polar surface area (TPSA) is 125 Å². The molecular formula is C24H23N5O3S2. The second-order valence-electron chi connectivity index (χ2n) is 7.76. The van der Waals surface area contributed by atoms with Crippen molar-refractivity contribution in [2.24, 2.45) is 0 Å². The van der Waals surface area contributed by atoms with E-state index in [0.29, 0.717) is 22.7 Å². The highest BCUT2D eigenvalue weighted by Crippen LogP contribution is 2.32. The molecule has 4 rings (SSSR count). The number of sulfonamides is 1. The molecule has 1 aliphatic rings. The summed E-state index contributed by atoms with van der Waals surface area (Å²) in [6.45, 7) is 1.90. The quantitative estimate of drug-likeness (QED) is 0.452. The van der Waals surface area contributed by atoms with Gasteiger partial charge in [-0.3, -0.25) is 9.52 Å². The number of amides is 1. The summed E-state index contributed by atoms with van der Waals surface area (Å²) in [7, 11) is -3.80. The predicted octanol–water partition coefficient (Wildman–Crippen LogP) is 4.15. The van der Waals surface area contributed by atoms with Gasteiger partial charge < -0.3 is 5.32 Å². The van der Waals surface area contributed by atoms with E-state index in [1.165, 1.54) is 42.2 Å². The number of hydrogen-bond donors (Lipinski definition) is 2. The Kier molecular flexibility index (Phi) is 7.14. The van der Waals surface area contributed by atoms with Crippen molar-refractivity contribution < 1.29 is 13.2 Å². The Labute approximate surface area is 202 Å². The zero-order chi connectivity index (χ0) is 24.1. The van der Waals surface area contributed by atoms with Crippen LogP contribution in [0.5, 0.6) is 0 Å². The molecule has 34 heavy (non-hydrogen) atoms. The molecule has 1 aliphatic carbocycles. The molecular weight excluding hydrogens is 470 g/mol. The van der Waals surface area contributed by atoms with Gasteiger partial charge in [0.05, 0.1) is 15.7 Å². The van der Waals surface area contributed by atoms with Gasteiger partial charge in [-0.25, -0.2) is 18.4 Å². The van der Waals surface area contributed by atoms with Crippen molar-refractivity contribution in [2.75, 3.05) is 10.0 Å². The van der Waals surface area contributed by atoms with Crippen LogP contribution in [-0.4, -0.2) is 29.5 Å². The molecule has 1 atom stereocenters. The Bertz CT molecular complexity index is 1340. The Morgan fingerprint density at radius 1 is 1.21 bits per heavy atom. The summed E-state index contributed by atoms with van der Waals surface area (Å²) in [4.78, 5) is 21.6. The molecule has 174 valence electrons. The lowest BCUT2D eigenvalue weighted by Gasteiger charge is -2.16. The molecule has 0 radical (unpaired) electrons. The van der Waals surface area contributed by atoms with Crippen LogP contribution in [0.3, 0.4) is 0 Å². The van der Waals surface area contributed by atoms with E-state index in [9.17, 15) is 18.5 Å². The van der Waals surface area contributed by atoms with Crippen LogP contribution in [0.2, 0.25) is 0 Å². The van der Waals surface area contributed by atoms with E-state index in [-0.39, 0.29) is 16.6 Å². The third kappa shape index (κ3) is 5.38. The third-order valence-corrected chi connectivity index (χ3v) is 8.13. The lowest BCUT2D eigenvalue weighted by molar-refractivity contribution is -0.115. The first-order valence-electron chi connectivity index (χ1n) is 10.8. The lowest BCUT2D eigenvalue weighted by Crippen LogP contribution is -2.25. The fourth-order valence-electron chi connectivity index (χ4n) is 3.64. The fourth-order valence-corrected chi connectivity index (χ4v) is 5.64. The summed E-state index contributed by atoms with van der Waals surface area (Å²) in [5.41, 5.74) is 3.09. The highest BCUT2D eigenvalue weighted by molar-refractivity contribution is 8.00. The number of fused-ring (bicyclic) bond motifs is 1. The minimum atomic E-state index is -3.80. The zero-order valence-corrected chi connectivity index (χ0v) is 20.1. The van der Waals surface area contributed by atoms with Gasteiger partial charge in [0.1, 0.15) is 16.9 Å². The SMILES string of the molecule is CCC(Sc1nc2c(cc1C#N)CCC2)C(=O)Nc1ccc(S(=O)(=O)Nc2ccccn2)cc1. The van der Waals surface area contributed by atoms with Gasteiger partial charge in [-0.05, 0) is 73.7 Å². The summed E-state index contributed by atoms with van der Waals surface area (Å²) >= 11 is 1.28. The highest BCUT2D eigenvalue weighted by atomic mass is 32.2. The summed E-state index contributed by atoms with van der Waals surface area (Å²) < 4.78 is 27.5. The van der Waals surface area contributed by atoms with Crippen LogP contribution in [0.25, 0.3) is 0 Å². The van der Waals surface area contributed by atoms with E-state index < -0.39 is 15.3 Å². The monoisotopic (exact) mass is 493 g/mol. The maximum Gasteiger partial charge on any atom is 0.263 e. The largest absolute Gasteiger partial charge is 0.325 e. The second kappa shape index (κ2) is 10.2. The molecule has 3 aromatic rings. The Morgan fingerprint density at radius 2 is 2.00 bits per heavy atom. The van der Waals surface area contributed by atoms with Gasteiger partial charge in [-0.1, -0.05) is 24.8 Å². The normalized spacial score (nSPS) is 13.5. The smallest absolute Gasteiger partial charge is 0.263 e. The van der Waals surface area contributed by atoms with E-state index >= 15 is 0 Å². The molecule has 10 heteroatoms. The van der Waals surface area contributed by atoms with Crippen LogP contribution in [0, 0.1) is 11.3 Å². The van der Waals surface area contributed by atoms with Crippen LogP contribution in [0.15, 0.2) is 64.6 Å². The Hall–Kier alpha value is -3.42. The van der Waals surface area contributed by atoms with Crippen molar-refractivity contribution in [1.82, 2.24) is 9.97 Å². The number of aromatic nitrogens is 2. The van der Waals surface area contributed by atoms with Crippen molar-refractivity contribution in [1.29, 1.82) is 5.26 Å². The van der Waals surface area contributed by atoms with Gasteiger partial charge in [0.15, 0.2) is 0 Å². The van der Waals surface area contributed by atoms with E-state index in [4.69, 9.17) is 0 Å². The number of carbonyl (C=O) groups is 1. The molecule has 2 heterocycles. The number of anilines is 2. The van der Waals surface area contributed by atoms with E-state index in [0.717, 1.165) is 30.5 Å². The second-order valence-corrected chi connectivity index (χ2v) is 10.6. The maximum absolute atomic E-state index is 12.9. The molecule has 0 bridgehead atoms. The molecule has 8 nitrogen and oxygen atoms in total. The van der Waals surface area contributed by atoms with Crippen molar-refractivity contribution >= 4 is 39.2 Å². The Balaban J connectivity index is 1.44. The number of nitriles is 1. The van der Waals surface area contributed by atoms with Gasteiger partial charge >= 0.3 is 0 Å². The third-order valence-electron chi connectivity index (χ3n) is 5.39. The van der Waals surface area contributed by atoms with Crippen LogP contribution in [0.1, 0.15) is 36.6 Å². The van der Waals surface area contributed by atoms with Gasteiger partial charge in [0.2, 0.25) is 5.91 Å². The van der Waals surface area contributed by atoms with Gasteiger partial charge in [-0.15, -0.1) is 0 Å². The molecule has 0 aliphatic heterocycles. The summed E-state index contributed by atoms with van der Waals surface area (Å²) in [6, 6.07) is 14.9. The van der Waals surface area contributed by atoms with Crippen molar-refractivity contribution in [3.05, 3.63) is 71.5 Å². The molecule has 1 aromatic carbocycles. The lowest BCUT2D eigenvalue weighted by atomic mass is 10.2. The first kappa shape index (κ1) is 23.7. The zero-order valence-electron chi connectivity index (χ0n) is 18.5. The van der Waals surface area contributed by atoms with Crippen LogP contribution in [-0.2, 0) is 27.7 Å². The van der Waals surface area contributed by atoms with E-state index in [1.54, 1.807) is 18.2 Å². The number of thioether (sulfide) groups is 1. The molecule has 1 unspecified atom stereocenters. The van der Waals surface area contributed by atoms with E-state index in [2.05, 4.69) is 26.1 Å². The summed E-state index contributed by atoms with van der Waals surface area (Å²) in [6.07, 6.45) is 4.89. The van der Waals surface area contributed by atoms with Crippen molar-refractivity contribution in [3.8, 4) is 6.07 Å². The van der Waals surface area contributed by atoms with Gasteiger partial charge in [0, 0.05) is 17.6 Å². The molecule has 2 aromatic heterocycles. The average Bonchev–Trinajstić information content (AvgIpc) is 3.30. The Morgan fingerprint density at radius 3 is 2.68 bits per heavy atom. The number of nitrogens with one attached hydrogen (secondary N) is 2. The standard InChI is InChI=1S/C24H23N5O3S2/c1-2-21(33-24-17(15-25)14-16-6-5-7-20(16)28-24)23(30)27-18-9-11-19(12-10-18)34(31,32)29-22-8-3-4-13-26-22/h3-4,8-14,21H,2,5-7H2,1H3,(H,26,29)(H,27,30). The fraction of sp³-hybridized carbons (Fsp3) is 0.250. The molecule has 2 N–H and O–H groups in total. The molecule has 1 amide bonds. The molecule has 0 spiro atoms. The number of nitrogens with zero attached hydrogens (tertiary/aromatic N) is 3. The maximum atomic E-state index is 12.9. The van der Waals surface area contributed by atoms with Gasteiger partial charge in [-0.2, -0.15) is 5.26 Å². The average molecular weight is 494 g/mol. The molecule has 0 saturated heterocycles. The van der Waals surface area contributed by atoms with Gasteiger partial charge in [0.25, 0.3) is 10.0 Å². The van der Waals surface area contributed by atoms with Crippen LogP contribution < -0.4 is 10.0 Å². The molecule has 0 saturated carbocycles. The highest BCUT2D eigenvalue weighted by Gasteiger charge is 2.23. The molecule has 0 fully saturated rings. The van der Waals surface area contributed by atoms with E-state index in [1.807, 2.05) is 13.0 Å². The van der Waals surface area contributed by atoms with Crippen LogP contribution in [0.4, 0.5) is 11.5 Å². The van der Waals surface area contributed by atoms with Crippen molar-refractivity contribution in [3.63, 3.8) is 0 Å². The summed E-state index contributed by atoms with van der Waals surface area (Å²) in [5.74, 6) is -0.0134.